The van der Waals surface area contributed by atoms with Crippen molar-refractivity contribution in [2.24, 2.45) is 5.92 Å². The fourth-order valence-electron chi connectivity index (χ4n) is 3.31. The molecule has 0 bridgehead atoms. The van der Waals surface area contributed by atoms with Gasteiger partial charge in [-0.2, -0.15) is 4.98 Å². The van der Waals surface area contributed by atoms with E-state index in [1.165, 1.54) is 12.3 Å². The Morgan fingerprint density at radius 1 is 1.06 bits per heavy atom. The summed E-state index contributed by atoms with van der Waals surface area (Å²) in [7, 11) is 0. The molecule has 0 radical (unpaired) electrons. The minimum atomic E-state index is -0.478. The van der Waals surface area contributed by atoms with Crippen LogP contribution in [0.1, 0.15) is 19.4 Å². The number of rotatable bonds is 6. The van der Waals surface area contributed by atoms with E-state index < -0.39 is 6.03 Å². The monoisotopic (exact) mass is 532 g/mol. The number of ether oxygens (including phenoxy) is 1. The van der Waals surface area contributed by atoms with Crippen molar-refractivity contribution >= 4 is 52.2 Å². The Kier molecular flexibility index (Phi) is 7.66. The van der Waals surface area contributed by atoms with Crippen molar-refractivity contribution in [1.29, 1.82) is 0 Å². The number of amides is 2. The summed E-state index contributed by atoms with van der Waals surface area (Å²) >= 11 is 18.6. The zero-order chi connectivity index (χ0) is 25.1. The first-order valence-electron chi connectivity index (χ1n) is 10.8. The smallest absolute Gasteiger partial charge is 0.324 e. The molecule has 35 heavy (non-hydrogen) atoms. The van der Waals surface area contributed by atoms with Crippen molar-refractivity contribution in [2.45, 2.75) is 26.8 Å². The maximum Gasteiger partial charge on any atom is 0.324 e. The van der Waals surface area contributed by atoms with Gasteiger partial charge in [-0.25, -0.2) is 15.2 Å². The molecule has 11 heteroatoms. The van der Waals surface area contributed by atoms with E-state index in [2.05, 4.69) is 39.9 Å². The molecule has 1 aliphatic heterocycles. The summed E-state index contributed by atoms with van der Waals surface area (Å²) in [5.74, 6) is 1.38. The topological polar surface area (TPSA) is 91.4 Å². The van der Waals surface area contributed by atoms with Crippen molar-refractivity contribution in [2.75, 3.05) is 10.3 Å². The van der Waals surface area contributed by atoms with Crippen LogP contribution in [0.25, 0.3) is 0 Å². The van der Waals surface area contributed by atoms with Gasteiger partial charge in [-0.3, -0.25) is 10.3 Å². The van der Waals surface area contributed by atoms with E-state index in [1.807, 2.05) is 42.3 Å². The Hall–Kier alpha value is -3.04. The zero-order valence-electron chi connectivity index (χ0n) is 19.1. The van der Waals surface area contributed by atoms with Gasteiger partial charge in [-0.15, -0.1) is 0 Å². The molecule has 1 aromatic heterocycles. The van der Waals surface area contributed by atoms with Gasteiger partial charge in [0, 0.05) is 12.3 Å². The van der Waals surface area contributed by atoms with Crippen LogP contribution in [0.15, 0.2) is 60.6 Å². The van der Waals surface area contributed by atoms with Gasteiger partial charge < -0.3 is 10.1 Å². The Labute approximate surface area is 218 Å². The first-order valence-corrected chi connectivity index (χ1v) is 11.9. The molecule has 0 spiro atoms. The lowest BCUT2D eigenvalue weighted by Crippen LogP contribution is -2.43. The van der Waals surface area contributed by atoms with E-state index in [-0.39, 0.29) is 33.0 Å². The molecule has 0 aliphatic carbocycles. The third-order valence-corrected chi connectivity index (χ3v) is 6.27. The SMILES string of the molecule is Cc1ccc(N2NC(C(C)C)C=C2NC(=O)Nc2ccc(Oc3ccnc(Cl)n3)c(Cl)c2Cl)cc1. The molecule has 1 atom stereocenters. The molecule has 4 rings (SSSR count). The zero-order valence-corrected chi connectivity index (χ0v) is 21.4. The highest BCUT2D eigenvalue weighted by atomic mass is 35.5. The second-order valence-electron chi connectivity index (χ2n) is 8.21. The number of aromatic nitrogens is 2. The summed E-state index contributed by atoms with van der Waals surface area (Å²) in [6, 6.07) is 12.3. The fourth-order valence-corrected chi connectivity index (χ4v) is 3.86. The van der Waals surface area contributed by atoms with Crippen molar-refractivity contribution in [3.05, 3.63) is 81.5 Å². The van der Waals surface area contributed by atoms with Gasteiger partial charge in [-0.05, 0) is 54.8 Å². The van der Waals surface area contributed by atoms with E-state index in [9.17, 15) is 4.79 Å². The molecule has 2 heterocycles. The number of hydrazine groups is 1. The molecule has 0 saturated carbocycles. The summed E-state index contributed by atoms with van der Waals surface area (Å²) < 4.78 is 5.64. The molecular formula is C24H23Cl3N6O2. The molecule has 1 unspecified atom stereocenters. The van der Waals surface area contributed by atoms with Crippen LogP contribution >= 0.6 is 34.8 Å². The minimum absolute atomic E-state index is 0.0368. The van der Waals surface area contributed by atoms with E-state index >= 15 is 0 Å². The molecule has 182 valence electrons. The summed E-state index contributed by atoms with van der Waals surface area (Å²) in [6.45, 7) is 6.23. The summed E-state index contributed by atoms with van der Waals surface area (Å²) in [6.07, 6.45) is 3.43. The average Bonchev–Trinajstić information content (AvgIpc) is 3.23. The van der Waals surface area contributed by atoms with Crippen LogP contribution in [0.4, 0.5) is 16.2 Å². The fraction of sp³-hybridized carbons (Fsp3) is 0.208. The van der Waals surface area contributed by atoms with Crippen LogP contribution in [0.5, 0.6) is 11.6 Å². The van der Waals surface area contributed by atoms with Crippen LogP contribution in [-0.2, 0) is 0 Å². The Bertz CT molecular complexity index is 1270. The number of nitrogens with zero attached hydrogens (tertiary/aromatic N) is 3. The van der Waals surface area contributed by atoms with Gasteiger partial charge in [0.1, 0.15) is 16.6 Å². The molecule has 1 aliphatic rings. The third-order valence-electron chi connectivity index (χ3n) is 5.22. The van der Waals surface area contributed by atoms with Gasteiger partial charge in [0.25, 0.3) is 0 Å². The summed E-state index contributed by atoms with van der Waals surface area (Å²) in [4.78, 5) is 20.6. The predicted octanol–water partition coefficient (Wildman–Crippen LogP) is 6.55. The van der Waals surface area contributed by atoms with Gasteiger partial charge in [0.2, 0.25) is 11.2 Å². The quantitative estimate of drug-likeness (QED) is 0.311. The first kappa shape index (κ1) is 25.1. The van der Waals surface area contributed by atoms with Crippen LogP contribution in [0, 0.1) is 12.8 Å². The number of benzene rings is 2. The third kappa shape index (κ3) is 5.97. The number of hydrogen-bond donors (Lipinski definition) is 3. The number of aryl methyl sites for hydroxylation is 1. The van der Waals surface area contributed by atoms with Gasteiger partial charge >= 0.3 is 6.03 Å². The van der Waals surface area contributed by atoms with E-state index in [0.717, 1.165) is 11.3 Å². The van der Waals surface area contributed by atoms with Crippen molar-refractivity contribution < 1.29 is 9.53 Å². The highest BCUT2D eigenvalue weighted by Crippen LogP contribution is 2.39. The van der Waals surface area contributed by atoms with E-state index in [1.54, 1.807) is 12.1 Å². The molecule has 0 saturated heterocycles. The van der Waals surface area contributed by atoms with Gasteiger partial charge in [0.05, 0.1) is 22.4 Å². The maximum atomic E-state index is 12.9. The molecule has 2 amide bonds. The summed E-state index contributed by atoms with van der Waals surface area (Å²) in [5, 5.41) is 7.75. The van der Waals surface area contributed by atoms with Crippen LogP contribution in [0.2, 0.25) is 15.3 Å². The van der Waals surface area contributed by atoms with Crippen molar-refractivity contribution in [3.8, 4) is 11.6 Å². The number of anilines is 2. The number of nitrogens with one attached hydrogen (secondary N) is 3. The Morgan fingerprint density at radius 2 is 1.80 bits per heavy atom. The largest absolute Gasteiger partial charge is 0.437 e. The lowest BCUT2D eigenvalue weighted by Gasteiger charge is -2.25. The molecule has 3 N–H and O–H groups in total. The van der Waals surface area contributed by atoms with E-state index in [0.29, 0.717) is 17.4 Å². The molecule has 0 fully saturated rings. The second kappa shape index (κ2) is 10.7. The van der Waals surface area contributed by atoms with Crippen LogP contribution in [0.3, 0.4) is 0 Å². The number of halogens is 3. The van der Waals surface area contributed by atoms with Crippen LogP contribution < -0.4 is 25.8 Å². The number of hydrogen-bond acceptors (Lipinski definition) is 6. The van der Waals surface area contributed by atoms with Crippen LogP contribution in [-0.4, -0.2) is 22.0 Å². The number of carbonyl (C=O) groups excluding carboxylic acids is 1. The number of urea groups is 1. The number of carbonyl (C=O) groups is 1. The normalized spacial score (nSPS) is 15.2. The molecule has 3 aromatic rings. The van der Waals surface area contributed by atoms with Crippen molar-refractivity contribution in [1.82, 2.24) is 20.7 Å². The standard InChI is InChI=1S/C24H23Cl3N6O2/c1-13(2)17-12-19(33(32-17)15-6-4-14(3)5-7-15)30-24(34)29-16-8-9-18(22(26)21(16)25)35-20-10-11-28-23(27)31-20/h4-13,17,32H,1-3H3,(H2,29,30,34). The highest BCUT2D eigenvalue weighted by Gasteiger charge is 2.27. The molecular weight excluding hydrogens is 511 g/mol. The van der Waals surface area contributed by atoms with E-state index in [4.69, 9.17) is 39.5 Å². The minimum Gasteiger partial charge on any atom is -0.437 e. The second-order valence-corrected chi connectivity index (χ2v) is 9.30. The Morgan fingerprint density at radius 3 is 2.49 bits per heavy atom. The predicted molar refractivity (Wildman–Crippen MR) is 139 cm³/mol. The first-order chi connectivity index (χ1) is 16.7. The summed E-state index contributed by atoms with van der Waals surface area (Å²) in [5.41, 5.74) is 5.78. The lowest BCUT2D eigenvalue weighted by molar-refractivity contribution is 0.254. The highest BCUT2D eigenvalue weighted by molar-refractivity contribution is 6.44. The van der Waals surface area contributed by atoms with Gasteiger partial charge in [0.15, 0.2) is 0 Å². The average molecular weight is 534 g/mol. The maximum absolute atomic E-state index is 12.9. The molecule has 2 aromatic carbocycles. The molecule has 8 nitrogen and oxygen atoms in total. The van der Waals surface area contributed by atoms with Crippen molar-refractivity contribution in [3.63, 3.8) is 0 Å². The lowest BCUT2D eigenvalue weighted by atomic mass is 10.1. The Balaban J connectivity index is 1.49. The van der Waals surface area contributed by atoms with Gasteiger partial charge in [-0.1, -0.05) is 54.7 Å².